The maximum absolute atomic E-state index is 12.9. The minimum Gasteiger partial charge on any atom is -0.336 e. The fourth-order valence-electron chi connectivity index (χ4n) is 3.57. The fraction of sp³-hybridized carbons (Fsp3) is 0.300. The lowest BCUT2D eigenvalue weighted by molar-refractivity contribution is 0.0582. The smallest absolute Gasteiger partial charge is 0.254 e. The Hall–Kier alpha value is -2.77. The Morgan fingerprint density at radius 3 is 2.57 bits per heavy atom. The molecule has 2 heterocycles. The first-order valence-corrected chi connectivity index (χ1v) is 9.62. The van der Waals surface area contributed by atoms with E-state index in [1.54, 1.807) is 4.68 Å². The van der Waals surface area contributed by atoms with Gasteiger partial charge in [-0.1, -0.05) is 35.9 Å². The number of nitrogens with zero attached hydrogens (tertiary/aromatic N) is 6. The summed E-state index contributed by atoms with van der Waals surface area (Å²) >= 11 is 6.35. The van der Waals surface area contributed by atoms with E-state index in [1.807, 2.05) is 47.4 Å². The molecule has 0 bridgehead atoms. The van der Waals surface area contributed by atoms with E-state index in [9.17, 15) is 4.79 Å². The summed E-state index contributed by atoms with van der Waals surface area (Å²) in [7, 11) is 0. The van der Waals surface area contributed by atoms with Crippen LogP contribution in [0.3, 0.4) is 0 Å². The predicted molar refractivity (Wildman–Crippen MR) is 106 cm³/mol. The normalized spacial score (nSPS) is 16.1. The Morgan fingerprint density at radius 2 is 1.86 bits per heavy atom. The van der Waals surface area contributed by atoms with Crippen LogP contribution in [0.4, 0.5) is 0 Å². The first kappa shape index (κ1) is 18.6. The summed E-state index contributed by atoms with van der Waals surface area (Å²) in [4.78, 5) is 17.2. The van der Waals surface area contributed by atoms with E-state index in [1.165, 1.54) is 6.33 Å². The quantitative estimate of drug-likeness (QED) is 0.678. The van der Waals surface area contributed by atoms with Crippen molar-refractivity contribution < 1.29 is 4.79 Å². The molecule has 4 rings (SSSR count). The Bertz CT molecular complexity index is 953. The molecule has 0 N–H and O–H groups in total. The van der Waals surface area contributed by atoms with E-state index < -0.39 is 0 Å². The molecule has 8 heteroatoms. The van der Waals surface area contributed by atoms with Crippen LogP contribution >= 0.6 is 11.6 Å². The highest BCUT2D eigenvalue weighted by Gasteiger charge is 2.26. The number of tetrazole rings is 1. The molecule has 28 heavy (non-hydrogen) atoms. The van der Waals surface area contributed by atoms with Gasteiger partial charge in [-0.2, -0.15) is 0 Å². The summed E-state index contributed by atoms with van der Waals surface area (Å²) in [5.74, 6) is 0.0278. The van der Waals surface area contributed by atoms with Crippen LogP contribution in [0.1, 0.15) is 28.9 Å². The van der Waals surface area contributed by atoms with Crippen LogP contribution in [0.5, 0.6) is 0 Å². The molecule has 0 aliphatic carbocycles. The van der Waals surface area contributed by atoms with Crippen molar-refractivity contribution >= 4 is 17.5 Å². The minimum absolute atomic E-state index is 0.0278. The number of hydrogen-bond donors (Lipinski definition) is 0. The number of carbonyl (C=O) groups is 1. The van der Waals surface area contributed by atoms with Gasteiger partial charge in [0.25, 0.3) is 5.91 Å². The number of aromatic nitrogens is 4. The lowest BCUT2D eigenvalue weighted by Crippen LogP contribution is -2.49. The summed E-state index contributed by atoms with van der Waals surface area (Å²) in [5.41, 5.74) is 2.53. The first-order valence-electron chi connectivity index (χ1n) is 9.24. The topological polar surface area (TPSA) is 67.2 Å². The van der Waals surface area contributed by atoms with Gasteiger partial charge in [0.1, 0.15) is 6.33 Å². The summed E-state index contributed by atoms with van der Waals surface area (Å²) in [6.07, 6.45) is 1.51. The molecule has 144 valence electrons. The van der Waals surface area contributed by atoms with E-state index >= 15 is 0 Å². The van der Waals surface area contributed by atoms with Crippen molar-refractivity contribution in [2.75, 3.05) is 26.2 Å². The number of benzene rings is 2. The largest absolute Gasteiger partial charge is 0.336 e. The minimum atomic E-state index is 0.0278. The zero-order chi connectivity index (χ0) is 19.5. The number of amides is 1. The summed E-state index contributed by atoms with van der Waals surface area (Å²) in [5, 5.41) is 11.9. The molecule has 0 spiro atoms. The van der Waals surface area contributed by atoms with Crippen LogP contribution < -0.4 is 0 Å². The zero-order valence-corrected chi connectivity index (χ0v) is 16.3. The van der Waals surface area contributed by atoms with E-state index in [4.69, 9.17) is 11.6 Å². The molecular formula is C20H21ClN6O. The maximum atomic E-state index is 12.9. The van der Waals surface area contributed by atoms with Gasteiger partial charge in [0.2, 0.25) is 0 Å². The molecule has 0 radical (unpaired) electrons. The van der Waals surface area contributed by atoms with Gasteiger partial charge in [-0.25, -0.2) is 4.68 Å². The van der Waals surface area contributed by atoms with Gasteiger partial charge in [-0.3, -0.25) is 9.69 Å². The van der Waals surface area contributed by atoms with Crippen molar-refractivity contribution in [3.05, 3.63) is 71.0 Å². The summed E-state index contributed by atoms with van der Waals surface area (Å²) < 4.78 is 1.54. The molecule has 1 aliphatic rings. The first-order chi connectivity index (χ1) is 13.6. The van der Waals surface area contributed by atoms with E-state index in [0.29, 0.717) is 18.7 Å². The van der Waals surface area contributed by atoms with Gasteiger partial charge in [0.15, 0.2) is 0 Å². The zero-order valence-electron chi connectivity index (χ0n) is 15.6. The highest BCUT2D eigenvalue weighted by molar-refractivity contribution is 6.31. The van der Waals surface area contributed by atoms with E-state index in [2.05, 4.69) is 33.4 Å². The van der Waals surface area contributed by atoms with Gasteiger partial charge >= 0.3 is 0 Å². The van der Waals surface area contributed by atoms with Gasteiger partial charge in [-0.05, 0) is 47.2 Å². The number of hydrogen-bond acceptors (Lipinski definition) is 5. The Kier molecular flexibility index (Phi) is 5.36. The van der Waals surface area contributed by atoms with Gasteiger partial charge in [-0.15, -0.1) is 5.10 Å². The van der Waals surface area contributed by atoms with Gasteiger partial charge in [0, 0.05) is 42.8 Å². The van der Waals surface area contributed by atoms with Crippen LogP contribution in [0, 0.1) is 0 Å². The summed E-state index contributed by atoms with van der Waals surface area (Å²) in [6.45, 7) is 5.15. The number of rotatable bonds is 4. The second-order valence-electron chi connectivity index (χ2n) is 6.83. The molecule has 3 aromatic rings. The van der Waals surface area contributed by atoms with Gasteiger partial charge < -0.3 is 4.90 Å². The average molecular weight is 397 g/mol. The van der Waals surface area contributed by atoms with Crippen LogP contribution in [0.2, 0.25) is 5.02 Å². The Balaban J connectivity index is 1.42. The fourth-order valence-corrected chi connectivity index (χ4v) is 3.86. The molecule has 1 atom stereocenters. The van der Waals surface area contributed by atoms with Crippen molar-refractivity contribution in [3.63, 3.8) is 0 Å². The highest BCUT2D eigenvalue weighted by Crippen LogP contribution is 2.28. The summed E-state index contributed by atoms with van der Waals surface area (Å²) in [6, 6.07) is 15.5. The molecular weight excluding hydrogens is 376 g/mol. The van der Waals surface area contributed by atoms with Crippen LogP contribution in [-0.4, -0.2) is 62.1 Å². The number of halogens is 1. The standard InChI is InChI=1S/C20H21ClN6O/c1-15(18-7-2-3-8-19(18)21)25-9-11-26(12-10-25)20(28)16-5-4-6-17(13-16)27-14-22-23-24-27/h2-8,13-15H,9-12H2,1H3. The van der Waals surface area contributed by atoms with Crippen molar-refractivity contribution in [2.45, 2.75) is 13.0 Å². The molecule has 1 aromatic heterocycles. The van der Waals surface area contributed by atoms with Gasteiger partial charge in [0.05, 0.1) is 5.69 Å². The van der Waals surface area contributed by atoms with E-state index in [-0.39, 0.29) is 11.9 Å². The second-order valence-corrected chi connectivity index (χ2v) is 7.24. The average Bonchev–Trinajstić information content (AvgIpc) is 3.28. The Labute approximate surface area is 168 Å². The Morgan fingerprint density at radius 1 is 1.07 bits per heavy atom. The van der Waals surface area contributed by atoms with Crippen LogP contribution in [-0.2, 0) is 0 Å². The molecule has 1 amide bonds. The van der Waals surface area contributed by atoms with Crippen molar-refractivity contribution in [1.82, 2.24) is 30.0 Å². The molecule has 1 fully saturated rings. The molecule has 1 saturated heterocycles. The highest BCUT2D eigenvalue weighted by atomic mass is 35.5. The molecule has 1 unspecified atom stereocenters. The SMILES string of the molecule is CC(c1ccccc1Cl)N1CCN(C(=O)c2cccc(-n3cnnn3)c2)CC1. The second kappa shape index (κ2) is 8.08. The monoisotopic (exact) mass is 396 g/mol. The molecule has 7 nitrogen and oxygen atoms in total. The molecule has 0 saturated carbocycles. The van der Waals surface area contributed by atoms with Crippen molar-refractivity contribution in [1.29, 1.82) is 0 Å². The van der Waals surface area contributed by atoms with Crippen molar-refractivity contribution in [3.8, 4) is 5.69 Å². The number of carbonyl (C=O) groups excluding carboxylic acids is 1. The maximum Gasteiger partial charge on any atom is 0.254 e. The lowest BCUT2D eigenvalue weighted by atomic mass is 10.1. The third kappa shape index (κ3) is 3.76. The molecule has 1 aliphatic heterocycles. The van der Waals surface area contributed by atoms with Crippen molar-refractivity contribution in [2.24, 2.45) is 0 Å². The third-order valence-corrected chi connectivity index (χ3v) is 5.56. The third-order valence-electron chi connectivity index (χ3n) is 5.21. The van der Waals surface area contributed by atoms with Crippen LogP contribution in [0.25, 0.3) is 5.69 Å². The molecule has 2 aromatic carbocycles. The lowest BCUT2D eigenvalue weighted by Gasteiger charge is -2.38. The predicted octanol–water partition coefficient (Wildman–Crippen LogP) is 2.83. The number of piperazine rings is 1. The van der Waals surface area contributed by atoms with E-state index in [0.717, 1.165) is 29.4 Å². The van der Waals surface area contributed by atoms with Crippen LogP contribution in [0.15, 0.2) is 54.9 Å².